The number of aliphatic hydroxyl groups excluding tert-OH is 1. The molecule has 140 valence electrons. The summed E-state index contributed by atoms with van der Waals surface area (Å²) in [5.41, 5.74) is 1.47. The van der Waals surface area contributed by atoms with Gasteiger partial charge in [-0.1, -0.05) is 17.7 Å². The van der Waals surface area contributed by atoms with Crippen LogP contribution in [0.3, 0.4) is 0 Å². The van der Waals surface area contributed by atoms with Crippen molar-refractivity contribution in [2.24, 2.45) is 0 Å². The Morgan fingerprint density at radius 2 is 2.12 bits per heavy atom. The highest BCUT2D eigenvalue weighted by Crippen LogP contribution is 2.28. The summed E-state index contributed by atoms with van der Waals surface area (Å²) in [7, 11) is 1.23. The number of aliphatic hydroxyl groups is 1. The molecule has 3 N–H and O–H groups in total. The van der Waals surface area contributed by atoms with Gasteiger partial charge in [0.1, 0.15) is 5.70 Å². The van der Waals surface area contributed by atoms with E-state index in [1.165, 1.54) is 18.9 Å². The normalized spacial score (nSPS) is 13.8. The number of methoxy groups -OCH3 is 1. The summed E-state index contributed by atoms with van der Waals surface area (Å²) in [4.78, 5) is 36.8. The number of hydrogen-bond donors (Lipinski definition) is 3. The second-order valence-electron chi connectivity index (χ2n) is 5.64. The number of benzene rings is 1. The second kappa shape index (κ2) is 8.68. The number of carbonyl (C=O) groups excluding carboxylic acids is 3. The molecule has 0 atom stereocenters. The highest BCUT2D eigenvalue weighted by molar-refractivity contribution is 6.33. The van der Waals surface area contributed by atoms with Crippen molar-refractivity contribution >= 4 is 35.1 Å². The van der Waals surface area contributed by atoms with Crippen LogP contribution < -0.4 is 10.6 Å². The SMILES string of the molecule is COC(=O)C1=C(Nc2ccc(CNC(C)=O)cc2Cl)C(=O)N(CCO)C1. The van der Waals surface area contributed by atoms with Crippen molar-refractivity contribution in [2.75, 3.05) is 32.1 Å². The minimum absolute atomic E-state index is 0.0482. The van der Waals surface area contributed by atoms with E-state index in [2.05, 4.69) is 10.6 Å². The highest BCUT2D eigenvalue weighted by atomic mass is 35.5. The number of esters is 1. The Morgan fingerprint density at radius 1 is 1.38 bits per heavy atom. The van der Waals surface area contributed by atoms with Gasteiger partial charge in [-0.25, -0.2) is 4.79 Å². The quantitative estimate of drug-likeness (QED) is 0.598. The molecule has 9 heteroatoms. The Labute approximate surface area is 155 Å². The van der Waals surface area contributed by atoms with Gasteiger partial charge < -0.3 is 25.4 Å². The van der Waals surface area contributed by atoms with Crippen molar-refractivity contribution in [3.63, 3.8) is 0 Å². The summed E-state index contributed by atoms with van der Waals surface area (Å²) < 4.78 is 4.73. The summed E-state index contributed by atoms with van der Waals surface area (Å²) in [6.07, 6.45) is 0. The monoisotopic (exact) mass is 381 g/mol. The molecule has 1 aliphatic heterocycles. The Kier molecular flexibility index (Phi) is 6.59. The van der Waals surface area contributed by atoms with Crippen LogP contribution in [0.4, 0.5) is 5.69 Å². The first-order valence-electron chi connectivity index (χ1n) is 7.88. The van der Waals surface area contributed by atoms with E-state index in [-0.39, 0.29) is 36.9 Å². The maximum absolute atomic E-state index is 12.5. The number of amides is 2. The van der Waals surface area contributed by atoms with Gasteiger partial charge in [0.15, 0.2) is 0 Å². The molecule has 0 aromatic heterocycles. The zero-order valence-corrected chi connectivity index (χ0v) is 15.2. The minimum Gasteiger partial charge on any atom is -0.466 e. The molecule has 0 bridgehead atoms. The molecule has 1 heterocycles. The Hall–Kier alpha value is -2.58. The number of β-amino-alcohol motifs (C(OH)–C–C–N with tert-alkyl or cyclic N) is 1. The number of rotatable bonds is 7. The van der Waals surface area contributed by atoms with E-state index < -0.39 is 11.9 Å². The molecule has 1 aromatic rings. The third-order valence-electron chi connectivity index (χ3n) is 3.79. The fraction of sp³-hybridized carbons (Fsp3) is 0.353. The summed E-state index contributed by atoms with van der Waals surface area (Å²) in [5, 5.41) is 15.0. The Balaban J connectivity index is 2.24. The van der Waals surface area contributed by atoms with E-state index in [1.54, 1.807) is 18.2 Å². The average molecular weight is 382 g/mol. The smallest absolute Gasteiger partial charge is 0.337 e. The van der Waals surface area contributed by atoms with Gasteiger partial charge in [-0.3, -0.25) is 9.59 Å². The fourth-order valence-electron chi connectivity index (χ4n) is 2.48. The molecule has 1 aromatic carbocycles. The minimum atomic E-state index is -0.625. The molecule has 0 saturated heterocycles. The van der Waals surface area contributed by atoms with Crippen LogP contribution in [0, 0.1) is 0 Å². The molecular weight excluding hydrogens is 362 g/mol. The van der Waals surface area contributed by atoms with Crippen molar-refractivity contribution in [1.82, 2.24) is 10.2 Å². The maximum Gasteiger partial charge on any atom is 0.337 e. The average Bonchev–Trinajstić information content (AvgIpc) is 2.91. The first kappa shape index (κ1) is 19.7. The van der Waals surface area contributed by atoms with Gasteiger partial charge in [-0.2, -0.15) is 0 Å². The van der Waals surface area contributed by atoms with Crippen molar-refractivity contribution < 1.29 is 24.2 Å². The van der Waals surface area contributed by atoms with Crippen molar-refractivity contribution in [2.45, 2.75) is 13.5 Å². The van der Waals surface area contributed by atoms with E-state index in [4.69, 9.17) is 21.4 Å². The first-order valence-corrected chi connectivity index (χ1v) is 8.26. The van der Waals surface area contributed by atoms with Crippen LogP contribution in [0.2, 0.25) is 5.02 Å². The summed E-state index contributed by atoms with van der Waals surface area (Å²) in [6.45, 7) is 1.68. The maximum atomic E-state index is 12.5. The molecule has 0 aliphatic carbocycles. The van der Waals surface area contributed by atoms with E-state index in [1.807, 2.05) is 0 Å². The van der Waals surface area contributed by atoms with Gasteiger partial charge >= 0.3 is 5.97 Å². The third-order valence-corrected chi connectivity index (χ3v) is 4.10. The topological polar surface area (TPSA) is 108 Å². The van der Waals surface area contributed by atoms with E-state index >= 15 is 0 Å². The molecular formula is C17H20ClN3O5. The lowest BCUT2D eigenvalue weighted by Crippen LogP contribution is -2.31. The van der Waals surface area contributed by atoms with Crippen LogP contribution in [0.5, 0.6) is 0 Å². The van der Waals surface area contributed by atoms with Gasteiger partial charge in [-0.15, -0.1) is 0 Å². The van der Waals surface area contributed by atoms with E-state index in [9.17, 15) is 14.4 Å². The molecule has 26 heavy (non-hydrogen) atoms. The molecule has 1 aliphatic rings. The third kappa shape index (κ3) is 4.53. The van der Waals surface area contributed by atoms with E-state index in [0.29, 0.717) is 17.3 Å². The van der Waals surface area contributed by atoms with Crippen LogP contribution in [0.15, 0.2) is 29.5 Å². The molecule has 0 radical (unpaired) electrons. The van der Waals surface area contributed by atoms with Crippen molar-refractivity contribution in [3.8, 4) is 0 Å². The molecule has 0 saturated carbocycles. The zero-order chi connectivity index (χ0) is 19.3. The number of nitrogens with one attached hydrogen (secondary N) is 2. The molecule has 2 amide bonds. The molecule has 8 nitrogen and oxygen atoms in total. The summed E-state index contributed by atoms with van der Waals surface area (Å²) in [5.74, 6) is -1.20. The standard InChI is InChI=1S/C17H20ClN3O5/c1-10(23)19-8-11-3-4-14(13(18)7-11)20-15-12(17(25)26-2)9-21(5-6-22)16(15)24/h3-4,7,20,22H,5-6,8-9H2,1-2H3,(H,19,23). The summed E-state index contributed by atoms with van der Waals surface area (Å²) in [6, 6.07) is 5.06. The Morgan fingerprint density at radius 3 is 2.69 bits per heavy atom. The van der Waals surface area contributed by atoms with Crippen molar-refractivity contribution in [3.05, 3.63) is 40.1 Å². The zero-order valence-electron chi connectivity index (χ0n) is 14.5. The van der Waals surface area contributed by atoms with Crippen LogP contribution in [0.1, 0.15) is 12.5 Å². The second-order valence-corrected chi connectivity index (χ2v) is 6.05. The number of halogens is 1. The number of anilines is 1. The molecule has 2 rings (SSSR count). The lowest BCUT2D eigenvalue weighted by molar-refractivity contribution is -0.136. The van der Waals surface area contributed by atoms with Gasteiger partial charge in [0, 0.05) is 20.0 Å². The summed E-state index contributed by atoms with van der Waals surface area (Å²) >= 11 is 6.25. The fourth-order valence-corrected chi connectivity index (χ4v) is 2.73. The van der Waals surface area contributed by atoms with Crippen LogP contribution >= 0.6 is 11.6 Å². The van der Waals surface area contributed by atoms with Gasteiger partial charge in [0.25, 0.3) is 5.91 Å². The van der Waals surface area contributed by atoms with Gasteiger partial charge in [0.05, 0.1) is 36.5 Å². The van der Waals surface area contributed by atoms with Crippen LogP contribution in [-0.4, -0.2) is 54.6 Å². The number of nitrogens with zero attached hydrogens (tertiary/aromatic N) is 1. The predicted molar refractivity (Wildman–Crippen MR) is 95.3 cm³/mol. The lowest BCUT2D eigenvalue weighted by Gasteiger charge is -2.15. The first-order chi connectivity index (χ1) is 12.4. The molecule has 0 unspecified atom stereocenters. The lowest BCUT2D eigenvalue weighted by atomic mass is 10.2. The number of hydrogen-bond acceptors (Lipinski definition) is 6. The van der Waals surface area contributed by atoms with Crippen molar-refractivity contribution in [1.29, 1.82) is 0 Å². The number of carbonyl (C=O) groups is 3. The van der Waals surface area contributed by atoms with Crippen LogP contribution in [-0.2, 0) is 25.7 Å². The van der Waals surface area contributed by atoms with E-state index in [0.717, 1.165) is 5.56 Å². The number of ether oxygens (including phenoxy) is 1. The Bertz CT molecular complexity index is 763. The van der Waals surface area contributed by atoms with Crippen LogP contribution in [0.25, 0.3) is 0 Å². The largest absolute Gasteiger partial charge is 0.466 e. The predicted octanol–water partition coefficient (Wildman–Crippen LogP) is 0.650. The molecule has 0 spiro atoms. The highest BCUT2D eigenvalue weighted by Gasteiger charge is 2.34. The van der Waals surface area contributed by atoms with Gasteiger partial charge in [-0.05, 0) is 17.7 Å². The van der Waals surface area contributed by atoms with Gasteiger partial charge in [0.2, 0.25) is 5.91 Å². The molecule has 0 fully saturated rings.